The van der Waals surface area contributed by atoms with E-state index >= 15 is 0 Å². The first kappa shape index (κ1) is 13.3. The zero-order valence-corrected chi connectivity index (χ0v) is 11.6. The number of nitrogens with zero attached hydrogens (tertiary/aromatic N) is 2. The number of benzene rings is 1. The largest absolute Gasteiger partial charge is 0.490 e. The number of nitro groups is 1. The Bertz CT molecular complexity index is 653. The van der Waals surface area contributed by atoms with Gasteiger partial charge in [0.1, 0.15) is 5.52 Å². The third kappa shape index (κ3) is 2.14. The van der Waals surface area contributed by atoms with E-state index < -0.39 is 4.92 Å². The number of hydrogen-bond donors (Lipinski definition) is 0. The fraction of sp³-hybridized carbons (Fsp3) is 0.462. The molecule has 6 nitrogen and oxygen atoms in total. The number of rotatable bonds is 2. The lowest BCUT2D eigenvalue weighted by Gasteiger charge is -2.11. The normalized spacial score (nSPS) is 11.8. The Kier molecular flexibility index (Phi) is 2.96. The molecule has 0 aliphatic heterocycles. The van der Waals surface area contributed by atoms with Crippen molar-refractivity contribution >= 4 is 16.8 Å². The Morgan fingerprint density at radius 1 is 1.42 bits per heavy atom. The molecule has 0 spiro atoms. The highest BCUT2D eigenvalue weighted by Crippen LogP contribution is 2.38. The van der Waals surface area contributed by atoms with Crippen LogP contribution in [0.3, 0.4) is 0 Å². The number of aromatic nitrogens is 1. The molecule has 0 atom stereocenters. The van der Waals surface area contributed by atoms with E-state index in [9.17, 15) is 10.1 Å². The molecule has 2 aromatic rings. The van der Waals surface area contributed by atoms with Crippen LogP contribution in [0.5, 0.6) is 5.75 Å². The van der Waals surface area contributed by atoms with Crippen LogP contribution < -0.4 is 4.74 Å². The standard InChI is InChI=1S/C13H16N2O4/c1-7-10-8(14-12(19-10)13(2,3)4)6-9(15(16)17)11(7)18-5/h6H,1-5H3. The quantitative estimate of drug-likeness (QED) is 0.614. The van der Waals surface area contributed by atoms with Gasteiger partial charge in [0, 0.05) is 17.0 Å². The molecule has 2 rings (SSSR count). The van der Waals surface area contributed by atoms with Crippen molar-refractivity contribution in [2.24, 2.45) is 0 Å². The number of hydrogen-bond acceptors (Lipinski definition) is 5. The first-order chi connectivity index (χ1) is 8.75. The van der Waals surface area contributed by atoms with Gasteiger partial charge in [0.25, 0.3) is 0 Å². The molecular formula is C13H16N2O4. The highest BCUT2D eigenvalue weighted by atomic mass is 16.6. The van der Waals surface area contributed by atoms with Gasteiger partial charge in [-0.15, -0.1) is 0 Å². The van der Waals surface area contributed by atoms with E-state index in [0.717, 1.165) is 0 Å². The maximum Gasteiger partial charge on any atom is 0.313 e. The molecule has 0 aliphatic carbocycles. The van der Waals surface area contributed by atoms with E-state index in [1.807, 2.05) is 20.8 Å². The van der Waals surface area contributed by atoms with Crippen LogP contribution in [-0.4, -0.2) is 17.0 Å². The van der Waals surface area contributed by atoms with Crippen molar-refractivity contribution in [3.63, 3.8) is 0 Å². The maximum absolute atomic E-state index is 11.0. The molecule has 0 radical (unpaired) electrons. The Morgan fingerprint density at radius 2 is 2.05 bits per heavy atom. The lowest BCUT2D eigenvalue weighted by molar-refractivity contribution is -0.385. The predicted octanol–water partition coefficient (Wildman–Crippen LogP) is 3.35. The first-order valence-corrected chi connectivity index (χ1v) is 5.88. The fourth-order valence-corrected chi connectivity index (χ4v) is 1.90. The van der Waals surface area contributed by atoms with Crippen LogP contribution >= 0.6 is 0 Å². The number of aryl methyl sites for hydroxylation is 1. The Balaban J connectivity index is 2.79. The molecule has 1 aromatic carbocycles. The molecule has 0 saturated carbocycles. The van der Waals surface area contributed by atoms with Crippen molar-refractivity contribution in [3.05, 3.63) is 27.6 Å². The van der Waals surface area contributed by atoms with Crippen molar-refractivity contribution in [1.29, 1.82) is 0 Å². The molecule has 0 N–H and O–H groups in total. The summed E-state index contributed by atoms with van der Waals surface area (Å²) in [6.45, 7) is 7.64. The van der Waals surface area contributed by atoms with Crippen LogP contribution in [0, 0.1) is 17.0 Å². The van der Waals surface area contributed by atoms with Crippen molar-refractivity contribution in [2.75, 3.05) is 7.11 Å². The third-order valence-corrected chi connectivity index (χ3v) is 2.88. The van der Waals surface area contributed by atoms with Gasteiger partial charge in [-0.1, -0.05) is 20.8 Å². The van der Waals surface area contributed by atoms with E-state index in [2.05, 4.69) is 4.98 Å². The number of fused-ring (bicyclic) bond motifs is 1. The van der Waals surface area contributed by atoms with E-state index in [1.165, 1.54) is 13.2 Å². The summed E-state index contributed by atoms with van der Waals surface area (Å²) in [7, 11) is 1.40. The van der Waals surface area contributed by atoms with Crippen molar-refractivity contribution in [1.82, 2.24) is 4.98 Å². The van der Waals surface area contributed by atoms with Gasteiger partial charge in [-0.3, -0.25) is 10.1 Å². The van der Waals surface area contributed by atoms with Gasteiger partial charge in [0.15, 0.2) is 5.58 Å². The summed E-state index contributed by atoms with van der Waals surface area (Å²) in [6.07, 6.45) is 0. The van der Waals surface area contributed by atoms with Gasteiger partial charge in [0.05, 0.1) is 12.0 Å². The number of ether oxygens (including phenoxy) is 1. The topological polar surface area (TPSA) is 78.4 Å². The number of oxazole rings is 1. The average Bonchev–Trinajstić information content (AvgIpc) is 2.72. The second-order valence-electron chi connectivity index (χ2n) is 5.43. The van der Waals surface area contributed by atoms with Crippen LogP contribution in [0.1, 0.15) is 32.2 Å². The summed E-state index contributed by atoms with van der Waals surface area (Å²) < 4.78 is 10.8. The van der Waals surface area contributed by atoms with Gasteiger partial charge >= 0.3 is 5.69 Å². The van der Waals surface area contributed by atoms with E-state index in [1.54, 1.807) is 6.92 Å². The second kappa shape index (κ2) is 4.22. The molecule has 0 bridgehead atoms. The summed E-state index contributed by atoms with van der Waals surface area (Å²) in [5.74, 6) is 0.766. The smallest absolute Gasteiger partial charge is 0.313 e. The van der Waals surface area contributed by atoms with Crippen molar-refractivity contribution in [3.8, 4) is 5.75 Å². The molecule has 1 heterocycles. The molecule has 6 heteroatoms. The van der Waals surface area contributed by atoms with Gasteiger partial charge in [-0.25, -0.2) is 4.98 Å². The van der Waals surface area contributed by atoms with Crippen LogP contribution in [0.15, 0.2) is 10.5 Å². The second-order valence-corrected chi connectivity index (χ2v) is 5.43. The minimum atomic E-state index is -0.475. The Labute approximate surface area is 110 Å². The van der Waals surface area contributed by atoms with Crippen molar-refractivity contribution < 1.29 is 14.1 Å². The van der Waals surface area contributed by atoms with Gasteiger partial charge < -0.3 is 9.15 Å². The summed E-state index contributed by atoms with van der Waals surface area (Å²) >= 11 is 0. The average molecular weight is 264 g/mol. The number of nitro benzene ring substituents is 1. The Hall–Kier alpha value is -2.11. The molecule has 102 valence electrons. The Morgan fingerprint density at radius 3 is 2.53 bits per heavy atom. The van der Waals surface area contributed by atoms with Crippen LogP contribution in [-0.2, 0) is 5.41 Å². The third-order valence-electron chi connectivity index (χ3n) is 2.88. The van der Waals surface area contributed by atoms with Crippen LogP contribution in [0.2, 0.25) is 0 Å². The van der Waals surface area contributed by atoms with E-state index in [-0.39, 0.29) is 16.9 Å². The lowest BCUT2D eigenvalue weighted by atomic mass is 9.97. The minimum absolute atomic E-state index is 0.0961. The van der Waals surface area contributed by atoms with E-state index in [4.69, 9.17) is 9.15 Å². The molecule has 0 amide bonds. The summed E-state index contributed by atoms with van der Waals surface area (Å²) in [4.78, 5) is 14.9. The highest BCUT2D eigenvalue weighted by molar-refractivity contribution is 5.83. The predicted molar refractivity (Wildman–Crippen MR) is 70.7 cm³/mol. The molecule has 0 aliphatic rings. The van der Waals surface area contributed by atoms with Crippen molar-refractivity contribution in [2.45, 2.75) is 33.1 Å². The molecule has 19 heavy (non-hydrogen) atoms. The number of methoxy groups -OCH3 is 1. The lowest BCUT2D eigenvalue weighted by Crippen LogP contribution is -2.10. The molecule has 1 aromatic heterocycles. The van der Waals surface area contributed by atoms with Gasteiger partial charge in [-0.2, -0.15) is 0 Å². The maximum atomic E-state index is 11.0. The fourth-order valence-electron chi connectivity index (χ4n) is 1.90. The molecular weight excluding hydrogens is 248 g/mol. The summed E-state index contributed by atoms with van der Waals surface area (Å²) in [6, 6.07) is 1.39. The molecule has 0 unspecified atom stereocenters. The van der Waals surface area contributed by atoms with Crippen LogP contribution in [0.25, 0.3) is 11.1 Å². The minimum Gasteiger partial charge on any atom is -0.490 e. The first-order valence-electron chi connectivity index (χ1n) is 5.88. The zero-order valence-electron chi connectivity index (χ0n) is 11.6. The SMILES string of the molecule is COc1c([N+](=O)[O-])cc2nc(C(C)(C)C)oc2c1C. The monoisotopic (exact) mass is 264 g/mol. The highest BCUT2D eigenvalue weighted by Gasteiger charge is 2.26. The van der Waals surface area contributed by atoms with Crippen LogP contribution in [0.4, 0.5) is 5.69 Å². The van der Waals surface area contributed by atoms with Gasteiger partial charge in [0.2, 0.25) is 11.6 Å². The molecule has 0 fully saturated rings. The molecule has 0 saturated heterocycles. The summed E-state index contributed by atoms with van der Waals surface area (Å²) in [5, 5.41) is 11.0. The van der Waals surface area contributed by atoms with Gasteiger partial charge in [-0.05, 0) is 6.92 Å². The van der Waals surface area contributed by atoms with E-state index in [0.29, 0.717) is 22.6 Å². The summed E-state index contributed by atoms with van der Waals surface area (Å²) in [5.41, 5.74) is 1.26. The zero-order chi connectivity index (χ0) is 14.4.